The van der Waals surface area contributed by atoms with E-state index >= 15 is 0 Å². The highest BCUT2D eigenvalue weighted by atomic mass is 35.5. The van der Waals surface area contributed by atoms with Crippen molar-refractivity contribution in [3.05, 3.63) is 70.9 Å². The lowest BCUT2D eigenvalue weighted by atomic mass is 10.2. The molecule has 0 spiro atoms. The quantitative estimate of drug-likeness (QED) is 0.661. The topological polar surface area (TPSA) is 26.2 Å². The summed E-state index contributed by atoms with van der Waals surface area (Å²) in [4.78, 5) is 0. The van der Waals surface area contributed by atoms with Crippen molar-refractivity contribution >= 4 is 22.5 Å². The van der Waals surface area contributed by atoms with Crippen LogP contribution in [0.4, 0.5) is 0 Å². The van der Waals surface area contributed by atoms with Gasteiger partial charge in [-0.25, -0.2) is 0 Å². The SMILES string of the molecule is COCCNCc1cn(Cc2ccc(Cl)cc2)c2ccccc12. The van der Waals surface area contributed by atoms with Crippen LogP contribution < -0.4 is 5.32 Å². The molecule has 0 aliphatic heterocycles. The minimum atomic E-state index is 0.726. The van der Waals surface area contributed by atoms with E-state index in [9.17, 15) is 0 Å². The smallest absolute Gasteiger partial charge is 0.0587 e. The summed E-state index contributed by atoms with van der Waals surface area (Å²) in [6.07, 6.45) is 2.24. The molecule has 23 heavy (non-hydrogen) atoms. The van der Waals surface area contributed by atoms with Gasteiger partial charge in [-0.2, -0.15) is 0 Å². The minimum absolute atomic E-state index is 0.726. The zero-order valence-electron chi connectivity index (χ0n) is 13.3. The van der Waals surface area contributed by atoms with Gasteiger partial charge >= 0.3 is 0 Å². The van der Waals surface area contributed by atoms with Crippen LogP contribution in [0.3, 0.4) is 0 Å². The van der Waals surface area contributed by atoms with Crippen molar-refractivity contribution in [3.63, 3.8) is 0 Å². The van der Waals surface area contributed by atoms with E-state index in [2.05, 4.69) is 52.5 Å². The average Bonchev–Trinajstić information content (AvgIpc) is 2.92. The molecular formula is C19H21ClN2O. The Balaban J connectivity index is 1.83. The van der Waals surface area contributed by atoms with Gasteiger partial charge in [-0.05, 0) is 29.3 Å². The summed E-state index contributed by atoms with van der Waals surface area (Å²) >= 11 is 5.97. The molecule has 0 aliphatic carbocycles. The molecule has 0 unspecified atom stereocenters. The Morgan fingerprint density at radius 3 is 2.65 bits per heavy atom. The summed E-state index contributed by atoms with van der Waals surface area (Å²) in [5.41, 5.74) is 3.81. The highest BCUT2D eigenvalue weighted by molar-refractivity contribution is 6.30. The Kier molecular flexibility index (Phi) is 5.34. The summed E-state index contributed by atoms with van der Waals surface area (Å²) in [7, 11) is 1.72. The third-order valence-corrected chi connectivity index (χ3v) is 4.19. The van der Waals surface area contributed by atoms with Gasteiger partial charge < -0.3 is 14.6 Å². The van der Waals surface area contributed by atoms with E-state index < -0.39 is 0 Å². The number of benzene rings is 2. The molecule has 0 aliphatic rings. The normalized spacial score (nSPS) is 11.2. The van der Waals surface area contributed by atoms with Crippen LogP contribution in [0.1, 0.15) is 11.1 Å². The van der Waals surface area contributed by atoms with Gasteiger partial charge in [-0.15, -0.1) is 0 Å². The van der Waals surface area contributed by atoms with E-state index in [0.29, 0.717) is 0 Å². The molecule has 1 aromatic heterocycles. The first kappa shape index (κ1) is 16.1. The number of nitrogens with zero attached hydrogens (tertiary/aromatic N) is 1. The fourth-order valence-corrected chi connectivity index (χ4v) is 2.90. The van der Waals surface area contributed by atoms with Crippen molar-refractivity contribution in [2.75, 3.05) is 20.3 Å². The molecule has 0 saturated heterocycles. The first-order chi connectivity index (χ1) is 11.3. The first-order valence-corrected chi connectivity index (χ1v) is 8.16. The maximum atomic E-state index is 5.97. The monoisotopic (exact) mass is 328 g/mol. The molecule has 0 saturated carbocycles. The van der Waals surface area contributed by atoms with Crippen LogP contribution in [0, 0.1) is 0 Å². The number of fused-ring (bicyclic) bond motifs is 1. The number of hydrogen-bond acceptors (Lipinski definition) is 2. The molecular weight excluding hydrogens is 308 g/mol. The van der Waals surface area contributed by atoms with Crippen LogP contribution in [0.15, 0.2) is 54.7 Å². The predicted molar refractivity (Wildman–Crippen MR) is 96.1 cm³/mol. The molecule has 120 valence electrons. The van der Waals surface area contributed by atoms with E-state index in [1.165, 1.54) is 22.0 Å². The Labute approximate surface area is 141 Å². The largest absolute Gasteiger partial charge is 0.383 e. The Hall–Kier alpha value is -1.81. The molecule has 0 fully saturated rings. The van der Waals surface area contributed by atoms with Gasteiger partial charge in [0.05, 0.1) is 6.61 Å². The van der Waals surface area contributed by atoms with E-state index in [-0.39, 0.29) is 0 Å². The number of halogens is 1. The number of methoxy groups -OCH3 is 1. The fourth-order valence-electron chi connectivity index (χ4n) is 2.78. The third kappa shape index (κ3) is 3.94. The van der Waals surface area contributed by atoms with Gasteiger partial charge in [-0.3, -0.25) is 0 Å². The molecule has 1 N–H and O–H groups in total. The summed E-state index contributed by atoms with van der Waals surface area (Å²) in [5, 5.41) is 5.49. The van der Waals surface area contributed by atoms with Crippen molar-refractivity contribution in [2.24, 2.45) is 0 Å². The highest BCUT2D eigenvalue weighted by Gasteiger charge is 2.08. The van der Waals surface area contributed by atoms with Gasteiger partial charge in [-0.1, -0.05) is 41.9 Å². The van der Waals surface area contributed by atoms with Crippen LogP contribution in [0.5, 0.6) is 0 Å². The molecule has 0 amide bonds. The minimum Gasteiger partial charge on any atom is -0.383 e. The molecule has 0 atom stereocenters. The number of aromatic nitrogens is 1. The molecule has 0 bridgehead atoms. The first-order valence-electron chi connectivity index (χ1n) is 7.79. The van der Waals surface area contributed by atoms with Crippen molar-refractivity contribution in [1.82, 2.24) is 9.88 Å². The van der Waals surface area contributed by atoms with Crippen LogP contribution in [0.2, 0.25) is 5.02 Å². The lowest BCUT2D eigenvalue weighted by molar-refractivity contribution is 0.199. The lowest BCUT2D eigenvalue weighted by Crippen LogP contribution is -2.18. The zero-order valence-corrected chi connectivity index (χ0v) is 14.0. The molecule has 0 radical (unpaired) electrons. The molecule has 3 aromatic rings. The highest BCUT2D eigenvalue weighted by Crippen LogP contribution is 2.22. The number of para-hydroxylation sites is 1. The Bertz CT molecular complexity index is 765. The second-order valence-corrected chi connectivity index (χ2v) is 6.03. The molecule has 3 nitrogen and oxygen atoms in total. The Morgan fingerprint density at radius 1 is 1.09 bits per heavy atom. The van der Waals surface area contributed by atoms with Crippen molar-refractivity contribution in [1.29, 1.82) is 0 Å². The Morgan fingerprint density at radius 2 is 1.87 bits per heavy atom. The standard InChI is InChI=1S/C19H21ClN2O/c1-23-11-10-21-12-16-14-22(19-5-3-2-4-18(16)19)13-15-6-8-17(20)9-7-15/h2-9,14,21H,10-13H2,1H3. The summed E-state index contributed by atoms with van der Waals surface area (Å²) in [6.45, 7) is 3.27. The van der Waals surface area contributed by atoms with Crippen molar-refractivity contribution < 1.29 is 4.74 Å². The second-order valence-electron chi connectivity index (χ2n) is 5.60. The van der Waals surface area contributed by atoms with Gasteiger partial charge in [0.15, 0.2) is 0 Å². The van der Waals surface area contributed by atoms with E-state index in [4.69, 9.17) is 16.3 Å². The summed E-state index contributed by atoms with van der Waals surface area (Å²) in [6, 6.07) is 16.6. The number of rotatable bonds is 7. The van der Waals surface area contributed by atoms with Gasteiger partial charge in [0.25, 0.3) is 0 Å². The maximum absolute atomic E-state index is 5.97. The molecule has 3 rings (SSSR count). The summed E-state index contributed by atoms with van der Waals surface area (Å²) in [5.74, 6) is 0. The number of nitrogens with one attached hydrogen (secondary N) is 1. The van der Waals surface area contributed by atoms with Crippen LogP contribution in [0.25, 0.3) is 10.9 Å². The van der Waals surface area contributed by atoms with Crippen molar-refractivity contribution in [2.45, 2.75) is 13.1 Å². The van der Waals surface area contributed by atoms with E-state index in [1.807, 2.05) is 12.1 Å². The third-order valence-electron chi connectivity index (χ3n) is 3.94. The van der Waals surface area contributed by atoms with E-state index in [1.54, 1.807) is 7.11 Å². The van der Waals surface area contributed by atoms with Crippen LogP contribution in [-0.2, 0) is 17.8 Å². The fraction of sp³-hybridized carbons (Fsp3) is 0.263. The predicted octanol–water partition coefficient (Wildman–Crippen LogP) is 4.08. The number of ether oxygens (including phenoxy) is 1. The van der Waals surface area contributed by atoms with Gasteiger partial charge in [0, 0.05) is 48.9 Å². The van der Waals surface area contributed by atoms with E-state index in [0.717, 1.165) is 31.3 Å². The van der Waals surface area contributed by atoms with Gasteiger partial charge in [0.2, 0.25) is 0 Å². The summed E-state index contributed by atoms with van der Waals surface area (Å²) < 4.78 is 7.38. The van der Waals surface area contributed by atoms with Crippen LogP contribution in [-0.4, -0.2) is 24.8 Å². The van der Waals surface area contributed by atoms with Crippen LogP contribution >= 0.6 is 11.6 Å². The van der Waals surface area contributed by atoms with Gasteiger partial charge in [0.1, 0.15) is 0 Å². The zero-order chi connectivity index (χ0) is 16.1. The van der Waals surface area contributed by atoms with Crippen molar-refractivity contribution in [3.8, 4) is 0 Å². The molecule has 1 heterocycles. The lowest BCUT2D eigenvalue weighted by Gasteiger charge is -2.05. The average molecular weight is 329 g/mol. The molecule has 2 aromatic carbocycles. The number of hydrogen-bond donors (Lipinski definition) is 1. The maximum Gasteiger partial charge on any atom is 0.0587 e. The molecule has 4 heteroatoms. The second kappa shape index (κ2) is 7.64.